The first-order chi connectivity index (χ1) is 5.41. The van der Waals surface area contributed by atoms with Crippen LogP contribution in [0.4, 0.5) is 0 Å². The van der Waals surface area contributed by atoms with E-state index < -0.39 is 13.6 Å². The molecule has 0 atom stereocenters. The van der Waals surface area contributed by atoms with Crippen molar-refractivity contribution in [3.8, 4) is 0 Å². The van der Waals surface area contributed by atoms with Crippen molar-refractivity contribution < 1.29 is 98.9 Å². The molecule has 0 aliphatic carbocycles. The molecule has 0 aliphatic heterocycles. The third-order valence-corrected chi connectivity index (χ3v) is 0.577. The average molecular weight is 267 g/mol. The molecule has 0 aromatic rings. The van der Waals surface area contributed by atoms with Crippen LogP contribution in [-0.2, 0) is 21.2 Å². The van der Waals surface area contributed by atoms with E-state index in [1.165, 1.54) is 0 Å². The van der Waals surface area contributed by atoms with E-state index in [2.05, 4.69) is 5.32 Å². The summed E-state index contributed by atoms with van der Waals surface area (Å²) in [6, 6.07) is 0. The molecule has 0 saturated heterocycles. The van der Waals surface area contributed by atoms with Gasteiger partial charge in [0.2, 0.25) is 0 Å². The minimum absolute atomic E-state index is 0. The standard InChI is InChI=1S/C4H11NO2.Cr.2Na.4O/c6-3-1-5-2-4-7;;;;;;;/h5-7H,1-4H2;;;;;;;/q;;2*+1;;;2*-1. The van der Waals surface area contributed by atoms with Crippen molar-refractivity contribution in [3.05, 3.63) is 0 Å². The average Bonchev–Trinajstić information content (AvgIpc) is 1.85. The van der Waals surface area contributed by atoms with Crippen molar-refractivity contribution in [2.24, 2.45) is 0 Å². The summed E-state index contributed by atoms with van der Waals surface area (Å²) in [7, 11) is 0. The number of hydrogen-bond donors (Lipinski definition) is 3. The number of aliphatic hydroxyl groups is 2. The normalized spacial score (nSPS) is 8.86. The van der Waals surface area contributed by atoms with E-state index in [0.717, 1.165) is 0 Å². The van der Waals surface area contributed by atoms with Crippen molar-refractivity contribution in [1.29, 1.82) is 0 Å². The SMILES string of the molecule is OCCNCCO.[Na+].[Na+].[O]=[Cr](=[O])([O-])[O-]. The quantitative estimate of drug-likeness (QED) is 0.340. The molecule has 0 heterocycles. The summed E-state index contributed by atoms with van der Waals surface area (Å²) < 4.78 is 34.4. The molecule has 0 saturated carbocycles. The fourth-order valence-electron chi connectivity index (χ4n) is 0.283. The third-order valence-electron chi connectivity index (χ3n) is 0.577. The van der Waals surface area contributed by atoms with Gasteiger partial charge in [-0.1, -0.05) is 0 Å². The van der Waals surface area contributed by atoms with E-state index >= 15 is 0 Å². The minimum atomic E-state index is -5.75. The summed E-state index contributed by atoms with van der Waals surface area (Å²) in [6.07, 6.45) is 0. The molecule has 0 spiro atoms. The molecule has 0 radical (unpaired) electrons. The van der Waals surface area contributed by atoms with E-state index in [1.807, 2.05) is 0 Å². The van der Waals surface area contributed by atoms with E-state index in [0.29, 0.717) is 13.1 Å². The predicted molar refractivity (Wildman–Crippen MR) is 28.4 cm³/mol. The zero-order valence-corrected chi connectivity index (χ0v) is 13.5. The van der Waals surface area contributed by atoms with E-state index in [1.54, 1.807) is 0 Å². The number of rotatable bonds is 4. The summed E-state index contributed by atoms with van der Waals surface area (Å²) in [5.74, 6) is 0. The van der Waals surface area contributed by atoms with Crippen LogP contribution in [0, 0.1) is 0 Å². The van der Waals surface area contributed by atoms with Gasteiger partial charge in [-0.3, -0.25) is 0 Å². The van der Waals surface area contributed by atoms with Gasteiger partial charge in [-0.25, -0.2) is 0 Å². The number of hydrogen-bond acceptors (Lipinski definition) is 7. The van der Waals surface area contributed by atoms with Crippen molar-refractivity contribution in [3.63, 3.8) is 0 Å². The van der Waals surface area contributed by atoms with Gasteiger partial charge in [-0.15, -0.1) is 0 Å². The van der Waals surface area contributed by atoms with Gasteiger partial charge in [0.05, 0.1) is 13.2 Å². The summed E-state index contributed by atoms with van der Waals surface area (Å²) >= 11 is -5.75. The molecule has 0 aromatic carbocycles. The Morgan fingerprint density at radius 1 is 1.00 bits per heavy atom. The van der Waals surface area contributed by atoms with Gasteiger partial charge in [0.1, 0.15) is 0 Å². The molecule has 0 fully saturated rings. The fraction of sp³-hybridized carbons (Fsp3) is 1.00. The molecule has 10 heteroatoms. The molecular formula is C4H11CrNNa2O6. The fourth-order valence-corrected chi connectivity index (χ4v) is 0.283. The number of nitrogens with one attached hydrogen (secondary N) is 1. The Labute approximate surface area is 129 Å². The first-order valence-corrected chi connectivity index (χ1v) is 5.09. The van der Waals surface area contributed by atoms with E-state index in [4.69, 9.17) is 26.1 Å². The Balaban J connectivity index is -0.0000000651. The molecule has 0 amide bonds. The Hall–Kier alpha value is 1.93. The molecule has 7 nitrogen and oxygen atoms in total. The van der Waals surface area contributed by atoms with Gasteiger partial charge in [-0.2, -0.15) is 0 Å². The van der Waals surface area contributed by atoms with Gasteiger partial charge in [0.25, 0.3) is 0 Å². The van der Waals surface area contributed by atoms with Crippen LogP contribution in [0.2, 0.25) is 0 Å². The summed E-state index contributed by atoms with van der Waals surface area (Å²) in [5.41, 5.74) is 0. The maximum atomic E-state index is 8.59. The topological polar surface area (TPSA) is 133 Å². The first kappa shape index (κ1) is 25.0. The van der Waals surface area contributed by atoms with Gasteiger partial charge in [-0.05, 0) is 0 Å². The van der Waals surface area contributed by atoms with Crippen LogP contribution < -0.4 is 72.7 Å². The van der Waals surface area contributed by atoms with Crippen LogP contribution in [0.1, 0.15) is 0 Å². The molecule has 0 rings (SSSR count). The molecule has 0 aliphatic rings. The molecule has 14 heavy (non-hydrogen) atoms. The second kappa shape index (κ2) is 17.3. The van der Waals surface area contributed by atoms with Crippen molar-refractivity contribution in [2.75, 3.05) is 26.3 Å². The van der Waals surface area contributed by atoms with Gasteiger partial charge in [0.15, 0.2) is 0 Å². The van der Waals surface area contributed by atoms with Crippen LogP contribution in [0.5, 0.6) is 0 Å². The van der Waals surface area contributed by atoms with Crippen LogP contribution in [0.25, 0.3) is 0 Å². The van der Waals surface area contributed by atoms with E-state index in [-0.39, 0.29) is 72.3 Å². The summed E-state index contributed by atoms with van der Waals surface area (Å²) in [4.78, 5) is 0. The Morgan fingerprint density at radius 2 is 1.21 bits per heavy atom. The van der Waals surface area contributed by atoms with Crippen LogP contribution in [-0.4, -0.2) is 36.5 Å². The first-order valence-electron chi connectivity index (χ1n) is 3.01. The Morgan fingerprint density at radius 3 is 1.36 bits per heavy atom. The monoisotopic (exact) mass is 267 g/mol. The zero-order valence-electron chi connectivity index (χ0n) is 8.26. The summed E-state index contributed by atoms with van der Waals surface area (Å²) in [6.45, 7) is 1.42. The molecule has 76 valence electrons. The maximum absolute atomic E-state index is 8.59. The van der Waals surface area contributed by atoms with Crippen molar-refractivity contribution in [1.82, 2.24) is 5.32 Å². The van der Waals surface area contributed by atoms with Gasteiger partial charge < -0.3 is 15.5 Å². The number of aliphatic hydroxyl groups excluding tert-OH is 2. The second-order valence-corrected chi connectivity index (χ2v) is 2.88. The van der Waals surface area contributed by atoms with Crippen LogP contribution >= 0.6 is 0 Å². The molecule has 0 aromatic heterocycles. The molecule has 0 unspecified atom stereocenters. The Kier molecular flexibility index (Phi) is 30.9. The molecular weight excluding hydrogens is 256 g/mol. The zero-order chi connectivity index (χ0) is 10.0. The van der Waals surface area contributed by atoms with Gasteiger partial charge >= 0.3 is 88.7 Å². The van der Waals surface area contributed by atoms with Crippen LogP contribution in [0.15, 0.2) is 0 Å². The van der Waals surface area contributed by atoms with Crippen LogP contribution in [0.3, 0.4) is 0 Å². The van der Waals surface area contributed by atoms with Crippen molar-refractivity contribution in [2.45, 2.75) is 0 Å². The van der Waals surface area contributed by atoms with E-state index in [9.17, 15) is 0 Å². The summed E-state index contributed by atoms with van der Waals surface area (Å²) in [5, 5.41) is 19.1. The predicted octanol–water partition coefficient (Wildman–Crippen LogP) is -10.0. The van der Waals surface area contributed by atoms with Crippen molar-refractivity contribution >= 4 is 0 Å². The second-order valence-electron chi connectivity index (χ2n) is 1.61. The molecule has 0 bridgehead atoms. The van der Waals surface area contributed by atoms with Gasteiger partial charge in [0, 0.05) is 13.1 Å². The Bertz CT molecular complexity index is 163. The molecule has 3 N–H and O–H groups in total. The third kappa shape index (κ3) is 66.2.